The number of hydrogen-bond acceptors (Lipinski definition) is 3. The lowest BCUT2D eigenvalue weighted by molar-refractivity contribution is 0.164. The Morgan fingerprint density at radius 2 is 1.94 bits per heavy atom. The molecule has 3 nitrogen and oxygen atoms in total. The molecule has 0 spiro atoms. The first kappa shape index (κ1) is 11.1. The summed E-state index contributed by atoms with van der Waals surface area (Å²) in [5.74, 6) is 2.78. The van der Waals surface area contributed by atoms with Crippen LogP contribution in [0.1, 0.15) is 30.9 Å². The van der Waals surface area contributed by atoms with Gasteiger partial charge in [-0.05, 0) is 24.5 Å². The van der Waals surface area contributed by atoms with E-state index in [1.165, 1.54) is 11.1 Å². The highest BCUT2D eigenvalue weighted by molar-refractivity contribution is 5.60. The van der Waals surface area contributed by atoms with E-state index < -0.39 is 0 Å². The molecule has 1 heterocycles. The van der Waals surface area contributed by atoms with Gasteiger partial charge in [-0.3, -0.25) is 0 Å². The van der Waals surface area contributed by atoms with Crippen LogP contribution in [0.25, 0.3) is 0 Å². The summed E-state index contributed by atoms with van der Waals surface area (Å²) in [6, 6.07) is 2.03. The Hall–Kier alpha value is -1.38. The Labute approximate surface area is 96.3 Å². The molecule has 0 saturated carbocycles. The molecule has 1 aliphatic heterocycles. The number of aryl methyl sites for hydroxylation is 1. The van der Waals surface area contributed by atoms with Gasteiger partial charge in [0.1, 0.15) is 13.2 Å². The van der Waals surface area contributed by atoms with E-state index in [9.17, 15) is 0 Å². The molecular weight excluding hydrogens is 204 g/mol. The molecule has 0 radical (unpaired) electrons. The van der Waals surface area contributed by atoms with Gasteiger partial charge in [-0.2, -0.15) is 0 Å². The normalized spacial score (nSPS) is 14.1. The summed E-state index contributed by atoms with van der Waals surface area (Å²) in [7, 11) is 1.68. The molecule has 1 aliphatic rings. The standard InChI is InChI=1S/C13H18O3/c1-8(2)11-9(3)7-10-12(13(11)14-4)16-6-5-15-10/h7-8H,5-6H2,1-4H3. The number of benzene rings is 1. The third kappa shape index (κ3) is 1.70. The van der Waals surface area contributed by atoms with Gasteiger partial charge < -0.3 is 14.2 Å². The molecule has 0 amide bonds. The van der Waals surface area contributed by atoms with Crippen molar-refractivity contribution in [2.75, 3.05) is 20.3 Å². The minimum Gasteiger partial charge on any atom is -0.492 e. The van der Waals surface area contributed by atoms with E-state index in [1.54, 1.807) is 7.11 Å². The summed E-state index contributed by atoms with van der Waals surface area (Å²) in [6.07, 6.45) is 0. The molecule has 1 aromatic rings. The average molecular weight is 222 g/mol. The van der Waals surface area contributed by atoms with Crippen molar-refractivity contribution in [1.82, 2.24) is 0 Å². The zero-order chi connectivity index (χ0) is 11.7. The van der Waals surface area contributed by atoms with Crippen molar-refractivity contribution in [2.45, 2.75) is 26.7 Å². The molecule has 0 atom stereocenters. The predicted molar refractivity (Wildman–Crippen MR) is 62.8 cm³/mol. The van der Waals surface area contributed by atoms with Crippen LogP contribution in [-0.2, 0) is 0 Å². The van der Waals surface area contributed by atoms with Crippen LogP contribution in [0.5, 0.6) is 17.2 Å². The SMILES string of the molecule is COc1c2c(cc(C)c1C(C)C)OCCO2. The molecule has 0 fully saturated rings. The highest BCUT2D eigenvalue weighted by atomic mass is 16.6. The number of hydrogen-bond donors (Lipinski definition) is 0. The topological polar surface area (TPSA) is 27.7 Å². The zero-order valence-corrected chi connectivity index (χ0v) is 10.3. The van der Waals surface area contributed by atoms with E-state index in [1.807, 2.05) is 6.07 Å². The quantitative estimate of drug-likeness (QED) is 0.770. The van der Waals surface area contributed by atoms with E-state index in [0.717, 1.165) is 17.2 Å². The third-order valence-electron chi connectivity index (χ3n) is 2.82. The van der Waals surface area contributed by atoms with Gasteiger partial charge in [0.2, 0.25) is 5.75 Å². The fourth-order valence-electron chi connectivity index (χ4n) is 2.21. The minimum atomic E-state index is 0.408. The van der Waals surface area contributed by atoms with Crippen molar-refractivity contribution < 1.29 is 14.2 Å². The number of methoxy groups -OCH3 is 1. The first-order valence-corrected chi connectivity index (χ1v) is 5.62. The largest absolute Gasteiger partial charge is 0.492 e. The van der Waals surface area contributed by atoms with E-state index >= 15 is 0 Å². The van der Waals surface area contributed by atoms with Crippen molar-refractivity contribution in [3.05, 3.63) is 17.2 Å². The summed E-state index contributed by atoms with van der Waals surface area (Å²) in [5, 5.41) is 0. The highest BCUT2D eigenvalue weighted by Crippen LogP contribution is 2.45. The third-order valence-corrected chi connectivity index (χ3v) is 2.82. The maximum absolute atomic E-state index is 5.64. The van der Waals surface area contributed by atoms with Crippen LogP contribution in [0.4, 0.5) is 0 Å². The first-order chi connectivity index (χ1) is 7.65. The van der Waals surface area contributed by atoms with E-state index in [2.05, 4.69) is 20.8 Å². The molecule has 0 aromatic heterocycles. The second-order valence-electron chi connectivity index (χ2n) is 4.32. The zero-order valence-electron chi connectivity index (χ0n) is 10.3. The predicted octanol–water partition coefficient (Wildman–Crippen LogP) is 2.90. The summed E-state index contributed by atoms with van der Waals surface area (Å²) < 4.78 is 16.7. The van der Waals surface area contributed by atoms with E-state index in [4.69, 9.17) is 14.2 Å². The van der Waals surface area contributed by atoms with Gasteiger partial charge >= 0.3 is 0 Å². The molecule has 1 aromatic carbocycles. The molecule has 3 heteroatoms. The molecule has 0 unspecified atom stereocenters. The van der Waals surface area contributed by atoms with Gasteiger partial charge in [0, 0.05) is 5.56 Å². The van der Waals surface area contributed by atoms with E-state index in [0.29, 0.717) is 19.1 Å². The molecule has 0 aliphatic carbocycles. The molecule has 0 N–H and O–H groups in total. The van der Waals surface area contributed by atoms with Gasteiger partial charge in [-0.25, -0.2) is 0 Å². The van der Waals surface area contributed by atoms with Crippen LogP contribution in [0.3, 0.4) is 0 Å². The van der Waals surface area contributed by atoms with Crippen LogP contribution >= 0.6 is 0 Å². The number of fused-ring (bicyclic) bond motifs is 1. The van der Waals surface area contributed by atoms with Crippen LogP contribution in [0.2, 0.25) is 0 Å². The molecule has 88 valence electrons. The van der Waals surface area contributed by atoms with Gasteiger partial charge in [-0.1, -0.05) is 13.8 Å². The maximum atomic E-state index is 5.64. The Morgan fingerprint density at radius 3 is 2.56 bits per heavy atom. The molecule has 16 heavy (non-hydrogen) atoms. The lowest BCUT2D eigenvalue weighted by Gasteiger charge is -2.24. The monoisotopic (exact) mass is 222 g/mol. The van der Waals surface area contributed by atoms with Crippen molar-refractivity contribution in [3.63, 3.8) is 0 Å². The number of ether oxygens (including phenoxy) is 3. The maximum Gasteiger partial charge on any atom is 0.204 e. The fourth-order valence-corrected chi connectivity index (χ4v) is 2.21. The second-order valence-corrected chi connectivity index (χ2v) is 4.32. The second kappa shape index (κ2) is 4.24. The Kier molecular flexibility index (Phi) is 2.95. The molecule has 0 saturated heterocycles. The van der Waals surface area contributed by atoms with Crippen molar-refractivity contribution in [1.29, 1.82) is 0 Å². The summed E-state index contributed by atoms with van der Waals surface area (Å²) in [4.78, 5) is 0. The minimum absolute atomic E-state index is 0.408. The van der Waals surface area contributed by atoms with Crippen LogP contribution < -0.4 is 14.2 Å². The molecule has 0 bridgehead atoms. The highest BCUT2D eigenvalue weighted by Gasteiger charge is 2.23. The summed E-state index contributed by atoms with van der Waals surface area (Å²) in [5.41, 5.74) is 2.39. The Bertz CT molecular complexity index is 397. The summed E-state index contributed by atoms with van der Waals surface area (Å²) in [6.45, 7) is 7.58. The van der Waals surface area contributed by atoms with Gasteiger partial charge in [0.05, 0.1) is 7.11 Å². The van der Waals surface area contributed by atoms with Gasteiger partial charge in [-0.15, -0.1) is 0 Å². The van der Waals surface area contributed by atoms with Gasteiger partial charge in [0.25, 0.3) is 0 Å². The molecule has 2 rings (SSSR count). The first-order valence-electron chi connectivity index (χ1n) is 5.62. The Balaban J connectivity index is 2.62. The smallest absolute Gasteiger partial charge is 0.204 e. The number of rotatable bonds is 2. The van der Waals surface area contributed by atoms with Crippen LogP contribution in [0, 0.1) is 6.92 Å². The lowest BCUT2D eigenvalue weighted by Crippen LogP contribution is -2.17. The Morgan fingerprint density at radius 1 is 1.25 bits per heavy atom. The lowest BCUT2D eigenvalue weighted by atomic mass is 9.96. The van der Waals surface area contributed by atoms with Gasteiger partial charge in [0.15, 0.2) is 11.5 Å². The van der Waals surface area contributed by atoms with E-state index in [-0.39, 0.29) is 0 Å². The van der Waals surface area contributed by atoms with Crippen molar-refractivity contribution in [2.24, 2.45) is 0 Å². The summed E-state index contributed by atoms with van der Waals surface area (Å²) >= 11 is 0. The average Bonchev–Trinajstić information content (AvgIpc) is 2.26. The van der Waals surface area contributed by atoms with Crippen LogP contribution in [0.15, 0.2) is 6.07 Å². The van der Waals surface area contributed by atoms with Crippen LogP contribution in [-0.4, -0.2) is 20.3 Å². The fraction of sp³-hybridized carbons (Fsp3) is 0.538. The van der Waals surface area contributed by atoms with Crippen molar-refractivity contribution >= 4 is 0 Å². The van der Waals surface area contributed by atoms with Crippen molar-refractivity contribution in [3.8, 4) is 17.2 Å². The molecular formula is C13H18O3.